The lowest BCUT2D eigenvalue weighted by molar-refractivity contribution is -0.167. The standard InChI is InChI=1S/C73H138O6/c1-4-7-10-13-16-19-22-25-27-28-29-30-31-32-33-34-35-36-37-38-39-40-41-42-43-44-46-48-51-54-57-60-63-66-72(75)78-69-70(68-77-71(74)65-62-59-56-53-50-47-24-21-18-15-12-9-6-3)79-73(76)67-64-61-58-55-52-49-45-26-23-20-17-14-11-8-5-2/h12,15,21,24,70H,4-11,13-14,16-20,22-23,25-69H2,1-3H3/b15-12-,24-21-. The molecule has 6 nitrogen and oxygen atoms in total. The van der Waals surface area contributed by atoms with Crippen LogP contribution in [0, 0.1) is 0 Å². The molecule has 1 unspecified atom stereocenters. The molecule has 0 bridgehead atoms. The van der Waals surface area contributed by atoms with Crippen LogP contribution in [-0.2, 0) is 28.6 Å². The summed E-state index contributed by atoms with van der Waals surface area (Å²) in [5, 5.41) is 0. The average Bonchev–Trinajstić information content (AvgIpc) is 3.45. The van der Waals surface area contributed by atoms with Crippen LogP contribution in [0.2, 0.25) is 0 Å². The normalized spacial score (nSPS) is 12.1. The Kier molecular flexibility index (Phi) is 66.6. The zero-order valence-electron chi connectivity index (χ0n) is 53.7. The van der Waals surface area contributed by atoms with Gasteiger partial charge in [-0.05, 0) is 44.9 Å². The van der Waals surface area contributed by atoms with Crippen LogP contribution in [0.3, 0.4) is 0 Å². The van der Waals surface area contributed by atoms with Gasteiger partial charge in [0.25, 0.3) is 0 Å². The second kappa shape index (κ2) is 68.4. The van der Waals surface area contributed by atoms with E-state index in [-0.39, 0.29) is 31.1 Å². The zero-order valence-corrected chi connectivity index (χ0v) is 53.7. The second-order valence-corrected chi connectivity index (χ2v) is 24.5. The highest BCUT2D eigenvalue weighted by atomic mass is 16.6. The van der Waals surface area contributed by atoms with Crippen molar-refractivity contribution >= 4 is 17.9 Å². The first-order valence-corrected chi connectivity index (χ1v) is 35.8. The quantitative estimate of drug-likeness (QED) is 0.0261. The smallest absolute Gasteiger partial charge is 0.306 e. The highest BCUT2D eigenvalue weighted by molar-refractivity contribution is 5.71. The van der Waals surface area contributed by atoms with Gasteiger partial charge in [-0.25, -0.2) is 0 Å². The van der Waals surface area contributed by atoms with E-state index in [2.05, 4.69) is 45.1 Å². The first kappa shape index (κ1) is 76.9. The molecule has 0 aromatic carbocycles. The summed E-state index contributed by atoms with van der Waals surface area (Å²) in [6, 6.07) is 0. The summed E-state index contributed by atoms with van der Waals surface area (Å²) in [4.78, 5) is 38.3. The van der Waals surface area contributed by atoms with Crippen molar-refractivity contribution in [3.8, 4) is 0 Å². The molecule has 0 saturated heterocycles. The maximum atomic E-state index is 12.9. The summed E-state index contributed by atoms with van der Waals surface area (Å²) >= 11 is 0. The van der Waals surface area contributed by atoms with Gasteiger partial charge in [0.05, 0.1) is 0 Å². The minimum Gasteiger partial charge on any atom is -0.462 e. The topological polar surface area (TPSA) is 78.9 Å². The van der Waals surface area contributed by atoms with Crippen LogP contribution in [0.1, 0.15) is 406 Å². The van der Waals surface area contributed by atoms with Crippen molar-refractivity contribution in [1.82, 2.24) is 0 Å². The molecule has 0 amide bonds. The highest BCUT2D eigenvalue weighted by Crippen LogP contribution is 2.19. The Hall–Kier alpha value is -2.11. The minimum atomic E-state index is -0.773. The van der Waals surface area contributed by atoms with Crippen molar-refractivity contribution in [2.24, 2.45) is 0 Å². The summed E-state index contributed by atoms with van der Waals surface area (Å²) in [7, 11) is 0. The number of esters is 3. The number of carbonyl (C=O) groups excluding carboxylic acids is 3. The lowest BCUT2D eigenvalue weighted by atomic mass is 10.0. The molecule has 0 fully saturated rings. The molecule has 0 rings (SSSR count). The van der Waals surface area contributed by atoms with E-state index in [1.54, 1.807) is 0 Å². The van der Waals surface area contributed by atoms with Gasteiger partial charge in [0.2, 0.25) is 0 Å². The molecule has 0 heterocycles. The Bertz CT molecular complexity index is 1270. The van der Waals surface area contributed by atoms with Gasteiger partial charge in [0, 0.05) is 19.3 Å². The molecule has 0 aromatic heterocycles. The highest BCUT2D eigenvalue weighted by Gasteiger charge is 2.19. The van der Waals surface area contributed by atoms with Crippen LogP contribution in [0.15, 0.2) is 24.3 Å². The molecular weight excluding hydrogens is 973 g/mol. The van der Waals surface area contributed by atoms with E-state index < -0.39 is 6.10 Å². The lowest BCUT2D eigenvalue weighted by Gasteiger charge is -2.18. The minimum absolute atomic E-state index is 0.0696. The van der Waals surface area contributed by atoms with Crippen LogP contribution in [0.5, 0.6) is 0 Å². The zero-order chi connectivity index (χ0) is 57.1. The fourth-order valence-corrected chi connectivity index (χ4v) is 11.1. The summed E-state index contributed by atoms with van der Waals surface area (Å²) in [6.07, 6.45) is 83.8. The number of unbranched alkanes of at least 4 members (excludes halogenated alkanes) is 52. The van der Waals surface area contributed by atoms with E-state index in [1.807, 2.05) is 0 Å². The van der Waals surface area contributed by atoms with Gasteiger partial charge in [-0.3, -0.25) is 14.4 Å². The van der Waals surface area contributed by atoms with Gasteiger partial charge in [0.15, 0.2) is 6.10 Å². The Morgan fingerprint density at radius 3 is 0.747 bits per heavy atom. The van der Waals surface area contributed by atoms with Gasteiger partial charge < -0.3 is 14.2 Å². The van der Waals surface area contributed by atoms with E-state index in [9.17, 15) is 14.4 Å². The molecule has 466 valence electrons. The third-order valence-corrected chi connectivity index (χ3v) is 16.4. The molecule has 0 radical (unpaired) electrons. The molecule has 0 aliphatic heterocycles. The van der Waals surface area contributed by atoms with Crippen molar-refractivity contribution in [2.45, 2.75) is 412 Å². The van der Waals surface area contributed by atoms with Crippen molar-refractivity contribution in [2.75, 3.05) is 13.2 Å². The SMILES string of the molecule is CCC/C=C\C/C=C\CCCCCCCC(=O)OCC(COC(=O)CCCCCCCCCCCCCCCCCCCCCCCCCCCCCCCCCCC)OC(=O)CCCCCCCCCCCCCCCCC. The molecule has 6 heteroatoms. The third kappa shape index (κ3) is 66.6. The first-order valence-electron chi connectivity index (χ1n) is 35.8. The van der Waals surface area contributed by atoms with Crippen LogP contribution >= 0.6 is 0 Å². The first-order chi connectivity index (χ1) is 39.0. The van der Waals surface area contributed by atoms with Crippen molar-refractivity contribution in [1.29, 1.82) is 0 Å². The van der Waals surface area contributed by atoms with Gasteiger partial charge in [-0.2, -0.15) is 0 Å². The Morgan fingerprint density at radius 2 is 0.481 bits per heavy atom. The van der Waals surface area contributed by atoms with Gasteiger partial charge in [-0.15, -0.1) is 0 Å². The van der Waals surface area contributed by atoms with Gasteiger partial charge in [-0.1, -0.05) is 366 Å². The van der Waals surface area contributed by atoms with Crippen LogP contribution < -0.4 is 0 Å². The Labute approximate surface area is 493 Å². The van der Waals surface area contributed by atoms with Crippen LogP contribution in [0.25, 0.3) is 0 Å². The maximum absolute atomic E-state index is 12.9. The largest absolute Gasteiger partial charge is 0.462 e. The fourth-order valence-electron chi connectivity index (χ4n) is 11.1. The summed E-state index contributed by atoms with van der Waals surface area (Å²) in [6.45, 7) is 6.64. The molecule has 1 atom stereocenters. The molecule has 0 aliphatic carbocycles. The summed E-state index contributed by atoms with van der Waals surface area (Å²) in [5.41, 5.74) is 0. The molecule has 79 heavy (non-hydrogen) atoms. The predicted molar refractivity (Wildman–Crippen MR) is 344 cm³/mol. The third-order valence-electron chi connectivity index (χ3n) is 16.4. The van der Waals surface area contributed by atoms with E-state index >= 15 is 0 Å². The second-order valence-electron chi connectivity index (χ2n) is 24.5. The monoisotopic (exact) mass is 1110 g/mol. The molecule has 0 spiro atoms. The predicted octanol–water partition coefficient (Wildman–Crippen LogP) is 24.6. The van der Waals surface area contributed by atoms with E-state index in [0.717, 1.165) is 83.5 Å². The number of carbonyl (C=O) groups is 3. The van der Waals surface area contributed by atoms with Gasteiger partial charge >= 0.3 is 17.9 Å². The molecular formula is C73H138O6. The summed E-state index contributed by atoms with van der Waals surface area (Å²) < 4.78 is 16.9. The van der Waals surface area contributed by atoms with Crippen molar-refractivity contribution in [3.63, 3.8) is 0 Å². The Balaban J connectivity index is 4.05. The van der Waals surface area contributed by atoms with Crippen molar-refractivity contribution in [3.05, 3.63) is 24.3 Å². The number of ether oxygens (including phenoxy) is 3. The maximum Gasteiger partial charge on any atom is 0.306 e. The van der Waals surface area contributed by atoms with Crippen LogP contribution in [-0.4, -0.2) is 37.2 Å². The summed E-state index contributed by atoms with van der Waals surface area (Å²) in [5.74, 6) is -0.855. The van der Waals surface area contributed by atoms with E-state index in [4.69, 9.17) is 14.2 Å². The van der Waals surface area contributed by atoms with Crippen molar-refractivity contribution < 1.29 is 28.6 Å². The Morgan fingerprint density at radius 1 is 0.253 bits per heavy atom. The van der Waals surface area contributed by atoms with E-state index in [0.29, 0.717) is 19.3 Å². The average molecular weight is 1110 g/mol. The lowest BCUT2D eigenvalue weighted by Crippen LogP contribution is -2.30. The molecule has 0 aliphatic rings. The number of rotatable bonds is 67. The van der Waals surface area contributed by atoms with Crippen LogP contribution in [0.4, 0.5) is 0 Å². The van der Waals surface area contributed by atoms with Gasteiger partial charge in [0.1, 0.15) is 13.2 Å². The number of hydrogen-bond acceptors (Lipinski definition) is 6. The molecule has 0 N–H and O–H groups in total. The molecule has 0 aromatic rings. The number of allylic oxidation sites excluding steroid dienone is 4. The van der Waals surface area contributed by atoms with E-state index in [1.165, 1.54) is 283 Å². The number of hydrogen-bond donors (Lipinski definition) is 0. The molecule has 0 saturated carbocycles. The fraction of sp³-hybridized carbons (Fsp3) is 0.904.